The smallest absolute Gasteiger partial charge is 0.271 e. The van der Waals surface area contributed by atoms with Crippen LogP contribution in [0, 0.1) is 0 Å². The Labute approximate surface area is 157 Å². The molecule has 0 aromatic heterocycles. The molecule has 1 amide bonds. The van der Waals surface area contributed by atoms with E-state index in [0.717, 1.165) is 6.42 Å². The summed E-state index contributed by atoms with van der Waals surface area (Å²) >= 11 is 5.82. The fourth-order valence-electron chi connectivity index (χ4n) is 2.08. The highest BCUT2D eigenvalue weighted by Crippen LogP contribution is 2.28. The lowest BCUT2D eigenvalue weighted by Gasteiger charge is -2.12. The number of carbonyl (C=O) groups excluding carboxylic acids is 1. The van der Waals surface area contributed by atoms with Crippen molar-refractivity contribution in [2.45, 2.75) is 20.3 Å². The number of nitrogens with one attached hydrogen (secondary N) is 1. The highest BCUT2D eigenvalue weighted by atomic mass is 35.5. The standard InChI is InChI=1S/C19H21ClN2O4/c1-3-9-26-17-8-6-14(11-18(17)25-4-2)19(24)22-21-12-13-5-7-16(23)15(20)10-13/h5-8,10-12,23H,3-4,9H2,1-2H3,(H,22,24)/b21-12+. The Balaban J connectivity index is 2.07. The topological polar surface area (TPSA) is 80.2 Å². The van der Waals surface area contributed by atoms with Crippen molar-refractivity contribution in [1.82, 2.24) is 5.43 Å². The Morgan fingerprint density at radius 1 is 1.19 bits per heavy atom. The van der Waals surface area contributed by atoms with Gasteiger partial charge in [-0.3, -0.25) is 4.79 Å². The van der Waals surface area contributed by atoms with E-state index in [1.807, 2.05) is 13.8 Å². The van der Waals surface area contributed by atoms with Crippen molar-refractivity contribution in [2.75, 3.05) is 13.2 Å². The van der Waals surface area contributed by atoms with E-state index in [1.54, 1.807) is 30.3 Å². The summed E-state index contributed by atoms with van der Waals surface area (Å²) in [6.45, 7) is 4.92. The molecule has 0 aliphatic rings. The monoisotopic (exact) mass is 376 g/mol. The average Bonchev–Trinajstić information content (AvgIpc) is 2.63. The highest BCUT2D eigenvalue weighted by molar-refractivity contribution is 6.32. The van der Waals surface area contributed by atoms with Gasteiger partial charge in [0.05, 0.1) is 24.5 Å². The number of ether oxygens (including phenoxy) is 2. The van der Waals surface area contributed by atoms with Gasteiger partial charge in [-0.1, -0.05) is 18.5 Å². The molecule has 6 nitrogen and oxygen atoms in total. The largest absolute Gasteiger partial charge is 0.506 e. The van der Waals surface area contributed by atoms with Crippen molar-refractivity contribution in [1.29, 1.82) is 0 Å². The van der Waals surface area contributed by atoms with E-state index < -0.39 is 0 Å². The number of rotatable bonds is 8. The molecule has 0 saturated carbocycles. The zero-order valence-corrected chi connectivity index (χ0v) is 15.4. The SMILES string of the molecule is CCCOc1ccc(C(=O)N/N=C/c2ccc(O)c(Cl)c2)cc1OCC. The molecule has 0 spiro atoms. The van der Waals surface area contributed by atoms with Crippen LogP contribution in [0.4, 0.5) is 0 Å². The molecule has 138 valence electrons. The predicted molar refractivity (Wildman–Crippen MR) is 102 cm³/mol. The lowest BCUT2D eigenvalue weighted by Crippen LogP contribution is -2.17. The van der Waals surface area contributed by atoms with Crippen LogP contribution in [0.25, 0.3) is 0 Å². The molecule has 0 fully saturated rings. The van der Waals surface area contributed by atoms with Gasteiger partial charge in [-0.25, -0.2) is 5.43 Å². The van der Waals surface area contributed by atoms with Crippen LogP contribution in [0.2, 0.25) is 5.02 Å². The zero-order chi connectivity index (χ0) is 18.9. The molecule has 0 atom stereocenters. The number of benzene rings is 2. The van der Waals surface area contributed by atoms with Crippen molar-refractivity contribution in [3.8, 4) is 17.2 Å². The molecule has 2 aromatic rings. The molecule has 0 unspecified atom stereocenters. The minimum atomic E-state index is -0.380. The number of nitrogens with zero attached hydrogens (tertiary/aromatic N) is 1. The summed E-state index contributed by atoms with van der Waals surface area (Å²) in [5.74, 6) is 0.728. The summed E-state index contributed by atoms with van der Waals surface area (Å²) in [5, 5.41) is 13.5. The molecule has 0 bridgehead atoms. The average molecular weight is 377 g/mol. The molecule has 0 aliphatic heterocycles. The first-order chi connectivity index (χ1) is 12.5. The van der Waals surface area contributed by atoms with Gasteiger partial charge < -0.3 is 14.6 Å². The van der Waals surface area contributed by atoms with E-state index in [2.05, 4.69) is 10.5 Å². The van der Waals surface area contributed by atoms with Crippen LogP contribution in [0.15, 0.2) is 41.5 Å². The fraction of sp³-hybridized carbons (Fsp3) is 0.263. The van der Waals surface area contributed by atoms with Gasteiger partial charge in [-0.05, 0) is 55.3 Å². The second kappa shape index (κ2) is 9.68. The number of hydrogen-bond acceptors (Lipinski definition) is 5. The van der Waals surface area contributed by atoms with Gasteiger partial charge in [0.2, 0.25) is 0 Å². The second-order valence-corrected chi connectivity index (χ2v) is 5.76. The van der Waals surface area contributed by atoms with E-state index in [-0.39, 0.29) is 16.7 Å². The van der Waals surface area contributed by atoms with E-state index >= 15 is 0 Å². The molecule has 2 rings (SSSR count). The molecule has 0 heterocycles. The Morgan fingerprint density at radius 2 is 2.00 bits per heavy atom. The zero-order valence-electron chi connectivity index (χ0n) is 14.7. The van der Waals surface area contributed by atoms with Crippen LogP contribution in [-0.4, -0.2) is 30.4 Å². The molecular formula is C19H21ClN2O4. The molecule has 26 heavy (non-hydrogen) atoms. The van der Waals surface area contributed by atoms with E-state index in [9.17, 15) is 9.90 Å². The molecular weight excluding hydrogens is 356 g/mol. The van der Waals surface area contributed by atoms with E-state index in [1.165, 1.54) is 12.3 Å². The molecule has 2 N–H and O–H groups in total. The summed E-state index contributed by atoms with van der Waals surface area (Å²) in [4.78, 5) is 12.3. The van der Waals surface area contributed by atoms with Crippen molar-refractivity contribution in [2.24, 2.45) is 5.10 Å². The summed E-state index contributed by atoms with van der Waals surface area (Å²) in [6.07, 6.45) is 2.31. The molecule has 0 radical (unpaired) electrons. The van der Waals surface area contributed by atoms with Crippen LogP contribution < -0.4 is 14.9 Å². The quantitative estimate of drug-likeness (QED) is 0.539. The van der Waals surface area contributed by atoms with Crippen LogP contribution >= 0.6 is 11.6 Å². The van der Waals surface area contributed by atoms with Crippen molar-refractivity contribution >= 4 is 23.7 Å². The predicted octanol–water partition coefficient (Wildman–Crippen LogP) is 4.00. The number of hydrogen-bond donors (Lipinski definition) is 2. The summed E-state index contributed by atoms with van der Waals surface area (Å²) in [5.41, 5.74) is 3.49. The lowest BCUT2D eigenvalue weighted by molar-refractivity contribution is 0.0954. The molecule has 2 aromatic carbocycles. The number of phenolic OH excluding ortho intramolecular Hbond substituents is 1. The van der Waals surface area contributed by atoms with Gasteiger partial charge in [-0.2, -0.15) is 5.10 Å². The molecule has 0 saturated heterocycles. The van der Waals surface area contributed by atoms with Crippen LogP contribution in [0.1, 0.15) is 36.2 Å². The first-order valence-corrected chi connectivity index (χ1v) is 8.64. The Bertz CT molecular complexity index is 793. The number of aromatic hydroxyl groups is 1. The Hall–Kier alpha value is -2.73. The summed E-state index contributed by atoms with van der Waals surface area (Å²) in [6, 6.07) is 9.60. The van der Waals surface area contributed by atoms with E-state index in [0.29, 0.717) is 35.8 Å². The number of halogens is 1. The Kier molecular flexibility index (Phi) is 7.29. The third kappa shape index (κ3) is 5.39. The maximum Gasteiger partial charge on any atom is 0.271 e. The van der Waals surface area contributed by atoms with Crippen molar-refractivity contribution in [3.05, 3.63) is 52.5 Å². The molecule has 7 heteroatoms. The number of phenols is 1. The Morgan fingerprint density at radius 3 is 2.69 bits per heavy atom. The van der Waals surface area contributed by atoms with Gasteiger partial charge in [-0.15, -0.1) is 0 Å². The maximum absolute atomic E-state index is 12.3. The van der Waals surface area contributed by atoms with Crippen LogP contribution in [0.3, 0.4) is 0 Å². The maximum atomic E-state index is 12.3. The minimum absolute atomic E-state index is 0.0123. The summed E-state index contributed by atoms with van der Waals surface area (Å²) < 4.78 is 11.2. The van der Waals surface area contributed by atoms with Crippen molar-refractivity contribution < 1.29 is 19.4 Å². The van der Waals surface area contributed by atoms with Crippen molar-refractivity contribution in [3.63, 3.8) is 0 Å². The van der Waals surface area contributed by atoms with Gasteiger partial charge in [0.1, 0.15) is 5.75 Å². The van der Waals surface area contributed by atoms with Gasteiger partial charge in [0.25, 0.3) is 5.91 Å². The number of carbonyl (C=O) groups is 1. The van der Waals surface area contributed by atoms with Crippen LogP contribution in [-0.2, 0) is 0 Å². The number of hydrazone groups is 1. The van der Waals surface area contributed by atoms with Crippen LogP contribution in [0.5, 0.6) is 17.2 Å². The first-order valence-electron chi connectivity index (χ1n) is 8.26. The van der Waals surface area contributed by atoms with Gasteiger partial charge in [0, 0.05) is 5.56 Å². The third-order valence-electron chi connectivity index (χ3n) is 3.32. The summed E-state index contributed by atoms with van der Waals surface area (Å²) in [7, 11) is 0. The normalized spacial score (nSPS) is 10.7. The molecule has 0 aliphatic carbocycles. The first kappa shape index (κ1) is 19.6. The van der Waals surface area contributed by atoms with E-state index in [4.69, 9.17) is 21.1 Å². The number of amides is 1. The van der Waals surface area contributed by atoms with Gasteiger partial charge in [0.15, 0.2) is 11.5 Å². The second-order valence-electron chi connectivity index (χ2n) is 5.35. The fourth-order valence-corrected chi connectivity index (χ4v) is 2.27. The van der Waals surface area contributed by atoms with Gasteiger partial charge >= 0.3 is 0 Å². The highest BCUT2D eigenvalue weighted by Gasteiger charge is 2.11. The lowest BCUT2D eigenvalue weighted by atomic mass is 10.2. The minimum Gasteiger partial charge on any atom is -0.506 e. The third-order valence-corrected chi connectivity index (χ3v) is 3.62.